The molecule has 1 aliphatic carbocycles. The molecular weight excluding hydrogens is 248 g/mol. The third-order valence-corrected chi connectivity index (χ3v) is 4.01. The van der Waals surface area contributed by atoms with Crippen molar-refractivity contribution in [3.05, 3.63) is 35.1 Å². The highest BCUT2D eigenvalue weighted by Crippen LogP contribution is 2.64. The Hall–Kier alpha value is -1.10. The summed E-state index contributed by atoms with van der Waals surface area (Å²) in [5, 5.41) is 9.43. The first-order valence-corrected chi connectivity index (χ1v) is 5.62. The number of hydrogen-bond acceptors (Lipinski definition) is 1. The van der Waals surface area contributed by atoms with Gasteiger partial charge < -0.3 is 5.11 Å². The Kier molecular flexibility index (Phi) is 2.74. The molecule has 5 heteroatoms. The van der Waals surface area contributed by atoms with Crippen LogP contribution in [0.4, 0.5) is 17.6 Å². The molecule has 100 valence electrons. The van der Waals surface area contributed by atoms with E-state index in [-0.39, 0.29) is 12.0 Å². The van der Waals surface area contributed by atoms with Crippen molar-refractivity contribution in [2.24, 2.45) is 5.41 Å². The third kappa shape index (κ3) is 1.81. The minimum atomic E-state index is -4.71. The molecule has 1 aromatic rings. The van der Waals surface area contributed by atoms with Crippen molar-refractivity contribution in [2.75, 3.05) is 6.61 Å². The molecule has 1 aromatic carbocycles. The van der Waals surface area contributed by atoms with E-state index in [1.54, 1.807) is 0 Å². The maximum atomic E-state index is 13.2. The van der Waals surface area contributed by atoms with Crippen LogP contribution < -0.4 is 0 Å². The molecule has 0 heterocycles. The largest absolute Gasteiger partial charge is 0.419 e. The zero-order valence-electron chi connectivity index (χ0n) is 10.1. The van der Waals surface area contributed by atoms with Crippen molar-refractivity contribution in [3.8, 4) is 0 Å². The number of rotatable bonds is 2. The summed E-state index contributed by atoms with van der Waals surface area (Å²) >= 11 is 0. The Morgan fingerprint density at radius 2 is 1.83 bits per heavy atom. The van der Waals surface area contributed by atoms with E-state index in [1.807, 2.05) is 13.8 Å². The van der Waals surface area contributed by atoms with Gasteiger partial charge in [-0.3, -0.25) is 0 Å². The smallest absolute Gasteiger partial charge is 0.395 e. The van der Waals surface area contributed by atoms with E-state index in [4.69, 9.17) is 0 Å². The lowest BCUT2D eigenvalue weighted by atomic mass is 9.87. The van der Waals surface area contributed by atoms with Crippen LogP contribution >= 0.6 is 0 Å². The second-order valence-electron chi connectivity index (χ2n) is 5.49. The fourth-order valence-electron chi connectivity index (χ4n) is 2.60. The van der Waals surface area contributed by atoms with Gasteiger partial charge in [0.2, 0.25) is 0 Å². The monoisotopic (exact) mass is 262 g/mol. The predicted octanol–water partition coefficient (Wildman–Crippen LogP) is 3.50. The first-order valence-electron chi connectivity index (χ1n) is 5.62. The van der Waals surface area contributed by atoms with Gasteiger partial charge in [0.05, 0.1) is 12.2 Å². The number of hydrogen-bond donors (Lipinski definition) is 1. The summed E-state index contributed by atoms with van der Waals surface area (Å²) < 4.78 is 51.1. The van der Waals surface area contributed by atoms with Gasteiger partial charge in [-0.2, -0.15) is 13.2 Å². The molecular formula is C13H14F4O. The average Bonchev–Trinajstić information content (AvgIpc) is 2.81. The Balaban J connectivity index is 2.49. The van der Waals surface area contributed by atoms with E-state index in [0.29, 0.717) is 12.0 Å². The van der Waals surface area contributed by atoms with Crippen molar-refractivity contribution >= 4 is 0 Å². The Morgan fingerprint density at radius 3 is 2.22 bits per heavy atom. The van der Waals surface area contributed by atoms with Gasteiger partial charge in [0, 0.05) is 5.41 Å². The number of aliphatic hydroxyl groups excluding tert-OH is 1. The van der Waals surface area contributed by atoms with Crippen LogP contribution in [0, 0.1) is 11.2 Å². The lowest BCUT2D eigenvalue weighted by molar-refractivity contribution is -0.140. The summed E-state index contributed by atoms with van der Waals surface area (Å²) in [6, 6.07) is 2.97. The first kappa shape index (κ1) is 13.3. The third-order valence-electron chi connectivity index (χ3n) is 4.01. The van der Waals surface area contributed by atoms with Gasteiger partial charge in [0.1, 0.15) is 5.82 Å². The van der Waals surface area contributed by atoms with Crippen molar-refractivity contribution in [3.63, 3.8) is 0 Å². The lowest BCUT2D eigenvalue weighted by Crippen LogP contribution is -2.20. The van der Waals surface area contributed by atoms with Crippen LogP contribution in [0.5, 0.6) is 0 Å². The van der Waals surface area contributed by atoms with E-state index < -0.39 is 23.0 Å². The topological polar surface area (TPSA) is 20.2 Å². The van der Waals surface area contributed by atoms with E-state index in [1.165, 1.54) is 6.07 Å². The van der Waals surface area contributed by atoms with Crippen LogP contribution in [0.15, 0.2) is 18.2 Å². The molecule has 1 aliphatic rings. The molecule has 0 spiro atoms. The highest BCUT2D eigenvalue weighted by Gasteiger charge is 2.61. The molecule has 1 nitrogen and oxygen atoms in total. The van der Waals surface area contributed by atoms with E-state index in [0.717, 1.165) is 12.1 Å². The van der Waals surface area contributed by atoms with Crippen molar-refractivity contribution < 1.29 is 22.7 Å². The standard InChI is InChI=1S/C13H14F4O/c1-11(2)6-12(11,7-18)8-3-4-10(14)9(5-8)13(15,16)17/h3-5,18H,6-7H2,1-2H3. The van der Waals surface area contributed by atoms with Gasteiger partial charge in [-0.1, -0.05) is 19.9 Å². The Morgan fingerprint density at radius 1 is 1.28 bits per heavy atom. The maximum Gasteiger partial charge on any atom is 0.419 e. The van der Waals surface area contributed by atoms with Gasteiger partial charge in [-0.15, -0.1) is 0 Å². The van der Waals surface area contributed by atoms with Crippen molar-refractivity contribution in [1.82, 2.24) is 0 Å². The van der Waals surface area contributed by atoms with E-state index in [9.17, 15) is 22.7 Å². The van der Waals surface area contributed by atoms with Gasteiger partial charge in [-0.25, -0.2) is 4.39 Å². The maximum absolute atomic E-state index is 13.2. The minimum Gasteiger partial charge on any atom is -0.395 e. The molecule has 1 unspecified atom stereocenters. The molecule has 18 heavy (non-hydrogen) atoms. The number of halogens is 4. The first-order chi connectivity index (χ1) is 8.14. The molecule has 0 aliphatic heterocycles. The predicted molar refractivity (Wildman–Crippen MR) is 58.6 cm³/mol. The number of alkyl halides is 3. The van der Waals surface area contributed by atoms with Crippen LogP contribution in [0.1, 0.15) is 31.4 Å². The molecule has 2 rings (SSSR count). The fraction of sp³-hybridized carbons (Fsp3) is 0.538. The zero-order valence-corrected chi connectivity index (χ0v) is 10.1. The highest BCUT2D eigenvalue weighted by molar-refractivity contribution is 5.40. The molecule has 1 fully saturated rings. The summed E-state index contributed by atoms with van der Waals surface area (Å²) in [6.07, 6.45) is -4.12. The lowest BCUT2D eigenvalue weighted by Gasteiger charge is -2.20. The molecule has 1 N–H and O–H groups in total. The quantitative estimate of drug-likeness (QED) is 0.809. The second-order valence-corrected chi connectivity index (χ2v) is 5.49. The van der Waals surface area contributed by atoms with Crippen LogP contribution in [-0.4, -0.2) is 11.7 Å². The Bertz CT molecular complexity index is 478. The molecule has 1 atom stereocenters. The summed E-state index contributed by atoms with van der Waals surface area (Å²) in [5.74, 6) is -1.28. The molecule has 0 amide bonds. The van der Waals surface area contributed by atoms with Gasteiger partial charge >= 0.3 is 6.18 Å². The summed E-state index contributed by atoms with van der Waals surface area (Å²) in [5.41, 5.74) is -1.86. The van der Waals surface area contributed by atoms with Crippen LogP contribution in [0.2, 0.25) is 0 Å². The van der Waals surface area contributed by atoms with Crippen LogP contribution in [-0.2, 0) is 11.6 Å². The van der Waals surface area contributed by atoms with Crippen molar-refractivity contribution in [1.29, 1.82) is 0 Å². The molecule has 1 saturated carbocycles. The summed E-state index contributed by atoms with van der Waals surface area (Å²) in [4.78, 5) is 0. The molecule has 0 bridgehead atoms. The van der Waals surface area contributed by atoms with Gasteiger partial charge in [0.25, 0.3) is 0 Å². The van der Waals surface area contributed by atoms with Gasteiger partial charge in [-0.05, 0) is 29.5 Å². The zero-order chi connectivity index (χ0) is 13.8. The molecule has 0 aromatic heterocycles. The summed E-state index contributed by atoms with van der Waals surface area (Å²) in [6.45, 7) is 3.52. The highest BCUT2D eigenvalue weighted by atomic mass is 19.4. The average molecular weight is 262 g/mol. The normalized spacial score (nSPS) is 26.2. The second kappa shape index (κ2) is 3.70. The number of benzene rings is 1. The molecule has 0 saturated heterocycles. The van der Waals surface area contributed by atoms with Crippen LogP contribution in [0.25, 0.3) is 0 Å². The van der Waals surface area contributed by atoms with Crippen molar-refractivity contribution in [2.45, 2.75) is 31.9 Å². The fourth-order valence-corrected chi connectivity index (χ4v) is 2.60. The van der Waals surface area contributed by atoms with E-state index >= 15 is 0 Å². The Labute approximate surface area is 102 Å². The SMILES string of the molecule is CC1(C)CC1(CO)c1ccc(F)c(C(F)(F)F)c1. The molecule has 0 radical (unpaired) electrons. The minimum absolute atomic E-state index is 0.233. The van der Waals surface area contributed by atoms with E-state index in [2.05, 4.69) is 0 Å². The van der Waals surface area contributed by atoms with Gasteiger partial charge in [0.15, 0.2) is 0 Å². The van der Waals surface area contributed by atoms with Crippen LogP contribution in [0.3, 0.4) is 0 Å². The summed E-state index contributed by atoms with van der Waals surface area (Å²) in [7, 11) is 0. The number of aliphatic hydroxyl groups is 1.